The lowest BCUT2D eigenvalue weighted by Crippen LogP contribution is -2.11. The molecule has 0 spiro atoms. The van der Waals surface area contributed by atoms with Crippen molar-refractivity contribution in [3.63, 3.8) is 0 Å². The van der Waals surface area contributed by atoms with Crippen LogP contribution >= 0.6 is 0 Å². The molecule has 0 amide bonds. The number of rotatable bonds is 2. The predicted molar refractivity (Wildman–Crippen MR) is 70.0 cm³/mol. The average molecular weight is 245 g/mol. The number of aromatic amines is 1. The molecule has 0 aliphatic rings. The molecule has 0 unspecified atom stereocenters. The van der Waals surface area contributed by atoms with Gasteiger partial charge in [-0.1, -0.05) is 19.9 Å². The van der Waals surface area contributed by atoms with Gasteiger partial charge >= 0.3 is 5.97 Å². The number of hydrogen-bond donors (Lipinski definition) is 1. The summed E-state index contributed by atoms with van der Waals surface area (Å²) in [4.78, 5) is 26.3. The van der Waals surface area contributed by atoms with E-state index in [-0.39, 0.29) is 11.1 Å². The normalized spacial score (nSPS) is 10.9. The Bertz CT molecular complexity index is 656. The van der Waals surface area contributed by atoms with Crippen LogP contribution in [0.2, 0.25) is 0 Å². The second-order valence-electron chi connectivity index (χ2n) is 4.50. The highest BCUT2D eigenvalue weighted by atomic mass is 16.5. The largest absolute Gasteiger partial charge is 0.464 e. The third-order valence-corrected chi connectivity index (χ3v) is 2.93. The summed E-state index contributed by atoms with van der Waals surface area (Å²) in [5.41, 5.74) is 1.74. The minimum atomic E-state index is -0.540. The van der Waals surface area contributed by atoms with Gasteiger partial charge in [0.15, 0.2) is 5.43 Å². The van der Waals surface area contributed by atoms with E-state index in [1.54, 1.807) is 0 Å². The molecule has 4 nitrogen and oxygen atoms in total. The SMILES string of the molecule is COC(=O)c1cc(=O)c2cc(C(C)C)ccc2[nH]1. The first-order chi connectivity index (χ1) is 8.52. The maximum absolute atomic E-state index is 12.0. The molecule has 0 bridgehead atoms. The van der Waals surface area contributed by atoms with Crippen molar-refractivity contribution >= 4 is 16.9 Å². The van der Waals surface area contributed by atoms with Gasteiger partial charge in [0.1, 0.15) is 5.69 Å². The third-order valence-electron chi connectivity index (χ3n) is 2.93. The molecule has 0 saturated carbocycles. The van der Waals surface area contributed by atoms with Crippen molar-refractivity contribution < 1.29 is 9.53 Å². The van der Waals surface area contributed by atoms with Crippen LogP contribution in [0.1, 0.15) is 35.8 Å². The molecule has 0 fully saturated rings. The summed E-state index contributed by atoms with van der Waals surface area (Å²) in [5.74, 6) is -0.184. The summed E-state index contributed by atoms with van der Waals surface area (Å²) >= 11 is 0. The fraction of sp³-hybridized carbons (Fsp3) is 0.286. The van der Waals surface area contributed by atoms with Crippen molar-refractivity contribution in [3.8, 4) is 0 Å². The number of ether oxygens (including phenoxy) is 1. The molecule has 0 aliphatic carbocycles. The van der Waals surface area contributed by atoms with E-state index in [4.69, 9.17) is 0 Å². The van der Waals surface area contributed by atoms with Crippen molar-refractivity contribution in [2.24, 2.45) is 0 Å². The average Bonchev–Trinajstić information content (AvgIpc) is 2.37. The molecule has 1 aromatic carbocycles. The van der Waals surface area contributed by atoms with Gasteiger partial charge in [-0.15, -0.1) is 0 Å². The van der Waals surface area contributed by atoms with Crippen molar-refractivity contribution in [2.45, 2.75) is 19.8 Å². The Balaban J connectivity index is 2.66. The predicted octanol–water partition coefficient (Wildman–Crippen LogP) is 2.44. The molecule has 0 aliphatic heterocycles. The fourth-order valence-corrected chi connectivity index (χ4v) is 1.84. The molecule has 1 N–H and O–H groups in total. The zero-order valence-electron chi connectivity index (χ0n) is 10.6. The molecule has 4 heteroatoms. The lowest BCUT2D eigenvalue weighted by molar-refractivity contribution is 0.0594. The van der Waals surface area contributed by atoms with Crippen LogP contribution in [-0.2, 0) is 4.74 Å². The fourth-order valence-electron chi connectivity index (χ4n) is 1.84. The molecular weight excluding hydrogens is 230 g/mol. The Morgan fingerprint density at radius 2 is 2.00 bits per heavy atom. The Morgan fingerprint density at radius 1 is 1.28 bits per heavy atom. The Hall–Kier alpha value is -2.10. The van der Waals surface area contributed by atoms with Gasteiger partial charge in [-0.05, 0) is 23.6 Å². The summed E-state index contributed by atoms with van der Waals surface area (Å²) < 4.78 is 4.59. The molecule has 2 rings (SSSR count). The van der Waals surface area contributed by atoms with Gasteiger partial charge < -0.3 is 9.72 Å². The molecule has 1 aromatic heterocycles. The maximum Gasteiger partial charge on any atom is 0.354 e. The van der Waals surface area contributed by atoms with Crippen LogP contribution in [0.3, 0.4) is 0 Å². The topological polar surface area (TPSA) is 59.2 Å². The highest BCUT2D eigenvalue weighted by Crippen LogP contribution is 2.18. The van der Waals surface area contributed by atoms with Crippen molar-refractivity contribution in [3.05, 3.63) is 45.7 Å². The highest BCUT2D eigenvalue weighted by Gasteiger charge is 2.10. The molecule has 2 aromatic rings. The van der Waals surface area contributed by atoms with Gasteiger partial charge in [-0.3, -0.25) is 4.79 Å². The van der Waals surface area contributed by atoms with Crippen LogP contribution in [0.25, 0.3) is 10.9 Å². The molecule has 94 valence electrons. The number of fused-ring (bicyclic) bond motifs is 1. The van der Waals surface area contributed by atoms with E-state index in [2.05, 4.69) is 23.6 Å². The first-order valence-corrected chi connectivity index (χ1v) is 5.78. The number of aromatic nitrogens is 1. The number of carbonyl (C=O) groups excluding carboxylic acids is 1. The third kappa shape index (κ3) is 2.14. The van der Waals surface area contributed by atoms with E-state index < -0.39 is 5.97 Å². The van der Waals surface area contributed by atoms with Crippen LogP contribution in [0.15, 0.2) is 29.1 Å². The smallest absolute Gasteiger partial charge is 0.354 e. The Labute approximate surface area is 105 Å². The number of pyridine rings is 1. The second-order valence-corrected chi connectivity index (χ2v) is 4.50. The van der Waals surface area contributed by atoms with Gasteiger partial charge in [0, 0.05) is 17.0 Å². The minimum Gasteiger partial charge on any atom is -0.464 e. The number of carbonyl (C=O) groups is 1. The quantitative estimate of drug-likeness (QED) is 0.827. The molecular formula is C14H15NO3. The van der Waals surface area contributed by atoms with Gasteiger partial charge in [-0.2, -0.15) is 0 Å². The van der Waals surface area contributed by atoms with Crippen LogP contribution < -0.4 is 5.43 Å². The summed E-state index contributed by atoms with van der Waals surface area (Å²) in [6.07, 6.45) is 0. The maximum atomic E-state index is 12.0. The second kappa shape index (κ2) is 4.64. The summed E-state index contributed by atoms with van der Waals surface area (Å²) in [5, 5.41) is 0.592. The zero-order chi connectivity index (χ0) is 13.3. The van der Waals surface area contributed by atoms with Gasteiger partial charge in [-0.25, -0.2) is 4.79 Å². The first-order valence-electron chi connectivity index (χ1n) is 5.78. The van der Waals surface area contributed by atoms with E-state index >= 15 is 0 Å². The van der Waals surface area contributed by atoms with Crippen LogP contribution in [0, 0.1) is 0 Å². The van der Waals surface area contributed by atoms with E-state index in [0.29, 0.717) is 16.8 Å². The molecule has 18 heavy (non-hydrogen) atoms. The number of nitrogens with one attached hydrogen (secondary N) is 1. The number of methoxy groups -OCH3 is 1. The number of H-pyrrole nitrogens is 1. The standard InChI is InChI=1S/C14H15NO3/c1-8(2)9-4-5-11-10(6-9)13(16)7-12(15-11)14(17)18-3/h4-8H,1-3H3,(H,15,16). The number of esters is 1. The summed E-state index contributed by atoms with van der Waals surface area (Å²) in [7, 11) is 1.28. The number of hydrogen-bond acceptors (Lipinski definition) is 3. The van der Waals surface area contributed by atoms with Gasteiger partial charge in [0.2, 0.25) is 0 Å². The molecule has 0 saturated heterocycles. The summed E-state index contributed by atoms with van der Waals surface area (Å²) in [6.45, 7) is 4.14. The van der Waals surface area contributed by atoms with E-state index in [9.17, 15) is 9.59 Å². The van der Waals surface area contributed by atoms with Crippen LogP contribution in [0.4, 0.5) is 0 Å². The number of benzene rings is 1. The Morgan fingerprint density at radius 3 is 2.61 bits per heavy atom. The van der Waals surface area contributed by atoms with E-state index in [0.717, 1.165) is 5.56 Å². The van der Waals surface area contributed by atoms with Crippen molar-refractivity contribution in [2.75, 3.05) is 7.11 Å². The molecule has 0 atom stereocenters. The minimum absolute atomic E-state index is 0.173. The van der Waals surface area contributed by atoms with Gasteiger partial charge in [0.05, 0.1) is 7.11 Å². The van der Waals surface area contributed by atoms with Crippen LogP contribution in [-0.4, -0.2) is 18.1 Å². The van der Waals surface area contributed by atoms with Crippen LogP contribution in [0.5, 0.6) is 0 Å². The molecule has 1 heterocycles. The monoisotopic (exact) mass is 245 g/mol. The summed E-state index contributed by atoms with van der Waals surface area (Å²) in [6, 6.07) is 6.90. The highest BCUT2D eigenvalue weighted by molar-refractivity contribution is 5.91. The van der Waals surface area contributed by atoms with Gasteiger partial charge in [0.25, 0.3) is 0 Å². The van der Waals surface area contributed by atoms with E-state index in [1.165, 1.54) is 13.2 Å². The Kier molecular flexibility index (Phi) is 3.19. The van der Waals surface area contributed by atoms with Crippen molar-refractivity contribution in [1.29, 1.82) is 0 Å². The first kappa shape index (κ1) is 12.4. The molecule has 0 radical (unpaired) electrons. The lowest BCUT2D eigenvalue weighted by Gasteiger charge is -2.07. The lowest BCUT2D eigenvalue weighted by atomic mass is 10.0. The van der Waals surface area contributed by atoms with E-state index in [1.807, 2.05) is 18.2 Å². The zero-order valence-corrected chi connectivity index (χ0v) is 10.6. The van der Waals surface area contributed by atoms with Crippen molar-refractivity contribution in [1.82, 2.24) is 4.98 Å².